The second-order valence-electron chi connectivity index (χ2n) is 7.39. The van der Waals surface area contributed by atoms with Gasteiger partial charge in [0.2, 0.25) is 5.91 Å². The van der Waals surface area contributed by atoms with Crippen molar-refractivity contribution < 1.29 is 34.2 Å². The van der Waals surface area contributed by atoms with Gasteiger partial charge in [-0.15, -0.1) is 0 Å². The van der Waals surface area contributed by atoms with Crippen molar-refractivity contribution >= 4 is 42.0 Å². The first-order valence-corrected chi connectivity index (χ1v) is 9.62. The van der Waals surface area contributed by atoms with Gasteiger partial charge in [-0.1, -0.05) is 0 Å². The summed E-state index contributed by atoms with van der Waals surface area (Å²) < 4.78 is 0. The number of aliphatic carboxylic acids is 2. The molecule has 0 spiro atoms. The zero-order valence-electron chi connectivity index (χ0n) is 17.0. The van der Waals surface area contributed by atoms with E-state index in [9.17, 15) is 29.1 Å². The van der Waals surface area contributed by atoms with E-state index < -0.39 is 54.0 Å². The number of Topliss-reactive ketones (excluding diaryl/α,β-unsaturated/α-hetero) is 2. The summed E-state index contributed by atoms with van der Waals surface area (Å²) in [5.74, 6) is -5.78. The van der Waals surface area contributed by atoms with Gasteiger partial charge in [0, 0.05) is 31.4 Å². The van der Waals surface area contributed by atoms with Crippen LogP contribution in [-0.2, 0) is 24.0 Å². The van der Waals surface area contributed by atoms with Crippen LogP contribution in [0.25, 0.3) is 0 Å². The summed E-state index contributed by atoms with van der Waals surface area (Å²) in [6.07, 6.45) is 2.00. The van der Waals surface area contributed by atoms with E-state index in [0.717, 1.165) is 0 Å². The zero-order valence-corrected chi connectivity index (χ0v) is 17.0. The Morgan fingerprint density at radius 2 is 1.70 bits per heavy atom. The smallest absolute Gasteiger partial charge is 0.306 e. The van der Waals surface area contributed by atoms with E-state index >= 15 is 0 Å². The van der Waals surface area contributed by atoms with Crippen molar-refractivity contribution in [3.63, 3.8) is 0 Å². The maximum atomic E-state index is 12.7. The quantitative estimate of drug-likeness (QED) is 0.295. The lowest BCUT2D eigenvalue weighted by Gasteiger charge is -2.21. The molecule has 1 aliphatic heterocycles. The van der Waals surface area contributed by atoms with Gasteiger partial charge in [-0.25, -0.2) is 4.99 Å². The van der Waals surface area contributed by atoms with Crippen LogP contribution in [0.4, 0.5) is 0 Å². The minimum Gasteiger partial charge on any atom is -0.481 e. The lowest BCUT2D eigenvalue weighted by molar-refractivity contribution is -0.145. The molecule has 0 bridgehead atoms. The Hall–Kier alpha value is -2.95. The molecule has 30 heavy (non-hydrogen) atoms. The van der Waals surface area contributed by atoms with Gasteiger partial charge in [-0.2, -0.15) is 0 Å². The number of nitrogens with one attached hydrogen (secondary N) is 1. The molecule has 11 heteroatoms. The summed E-state index contributed by atoms with van der Waals surface area (Å²) in [5, 5.41) is 20.4. The molecule has 0 aliphatic carbocycles. The van der Waals surface area contributed by atoms with Crippen LogP contribution in [0, 0.1) is 11.8 Å². The number of carboxylic acid groups (broad SMARTS) is 2. The molecule has 0 saturated carbocycles. The maximum Gasteiger partial charge on any atom is 0.306 e. The van der Waals surface area contributed by atoms with Crippen LogP contribution in [0.15, 0.2) is 9.98 Å². The van der Waals surface area contributed by atoms with Gasteiger partial charge < -0.3 is 21.3 Å². The summed E-state index contributed by atoms with van der Waals surface area (Å²) in [5.41, 5.74) is 5.59. The third-order valence-corrected chi connectivity index (χ3v) is 4.78. The predicted molar refractivity (Wildman–Crippen MR) is 107 cm³/mol. The van der Waals surface area contributed by atoms with Crippen LogP contribution in [0.5, 0.6) is 0 Å². The largest absolute Gasteiger partial charge is 0.481 e. The second-order valence-corrected chi connectivity index (χ2v) is 7.39. The monoisotopic (exact) mass is 424 g/mol. The highest BCUT2D eigenvalue weighted by atomic mass is 16.4. The van der Waals surface area contributed by atoms with Crippen molar-refractivity contribution in [1.82, 2.24) is 5.32 Å². The standard InChI is InChI=1S/C19H28N4O7/c1-10(20)15(24)7-13(5-14-8-21-9-22-14)18(28)23-11(2)16(25)6-12(19(29)30)3-4-17(26)27/h8-14H,3-7,20H2,1-2H3,(H,23,28)(H,26,27)(H,29,30)/t10-,11-,12+,13+,14?/m0/s1. The van der Waals surface area contributed by atoms with Gasteiger partial charge in [0.25, 0.3) is 0 Å². The molecule has 0 saturated heterocycles. The van der Waals surface area contributed by atoms with Gasteiger partial charge in [-0.05, 0) is 26.7 Å². The minimum absolute atomic E-state index is 0.124. The molecule has 0 aromatic carbocycles. The van der Waals surface area contributed by atoms with E-state index in [-0.39, 0.29) is 37.5 Å². The minimum atomic E-state index is -1.28. The Labute approximate surface area is 173 Å². The summed E-state index contributed by atoms with van der Waals surface area (Å²) in [7, 11) is 0. The third-order valence-electron chi connectivity index (χ3n) is 4.78. The van der Waals surface area contributed by atoms with Crippen LogP contribution in [-0.4, -0.2) is 70.3 Å². The summed E-state index contributed by atoms with van der Waals surface area (Å²) >= 11 is 0. The van der Waals surface area contributed by atoms with Crippen LogP contribution >= 0.6 is 0 Å². The molecule has 1 aliphatic rings. The summed E-state index contributed by atoms with van der Waals surface area (Å²) in [6.45, 7) is 2.93. The molecule has 0 aromatic heterocycles. The number of carbonyl (C=O) groups excluding carboxylic acids is 3. The molecule has 0 fully saturated rings. The SMILES string of the molecule is C[C@H](N)C(=O)C[C@@H](CC1C=NC=N1)C(=O)N[C@@H](C)C(=O)C[C@@H](CCC(=O)O)C(=O)O. The molecule has 1 heterocycles. The highest BCUT2D eigenvalue weighted by Gasteiger charge is 2.30. The van der Waals surface area contributed by atoms with E-state index in [1.54, 1.807) is 6.21 Å². The number of aliphatic imine (C=N–C) groups is 2. The number of rotatable bonds is 14. The normalized spacial score (nSPS) is 19.0. The molecule has 166 valence electrons. The van der Waals surface area contributed by atoms with Crippen LogP contribution in [0.3, 0.4) is 0 Å². The average molecular weight is 424 g/mol. The molecule has 11 nitrogen and oxygen atoms in total. The number of carbonyl (C=O) groups is 5. The van der Waals surface area contributed by atoms with E-state index in [0.29, 0.717) is 0 Å². The van der Waals surface area contributed by atoms with Crippen molar-refractivity contribution in [3.05, 3.63) is 0 Å². The fourth-order valence-electron chi connectivity index (χ4n) is 2.87. The lowest BCUT2D eigenvalue weighted by Crippen LogP contribution is -2.44. The van der Waals surface area contributed by atoms with E-state index in [4.69, 9.17) is 10.8 Å². The van der Waals surface area contributed by atoms with Crippen LogP contribution in [0.2, 0.25) is 0 Å². The number of amides is 1. The second kappa shape index (κ2) is 11.9. The molecular formula is C19H28N4O7. The summed E-state index contributed by atoms with van der Waals surface area (Å²) in [4.78, 5) is 67.0. The first-order valence-electron chi connectivity index (χ1n) is 9.62. The number of nitrogens with zero attached hydrogens (tertiary/aromatic N) is 2. The predicted octanol–water partition coefficient (Wildman–Crippen LogP) is -0.190. The molecular weight excluding hydrogens is 396 g/mol. The van der Waals surface area contributed by atoms with Crippen molar-refractivity contribution in [3.8, 4) is 0 Å². The van der Waals surface area contributed by atoms with E-state index in [1.165, 1.54) is 20.2 Å². The molecule has 0 aromatic rings. The van der Waals surface area contributed by atoms with E-state index in [2.05, 4.69) is 15.3 Å². The lowest BCUT2D eigenvalue weighted by atomic mass is 9.91. The topological polar surface area (TPSA) is 189 Å². The Balaban J connectivity index is 2.74. The van der Waals surface area contributed by atoms with Crippen molar-refractivity contribution in [2.24, 2.45) is 27.6 Å². The Morgan fingerprint density at radius 1 is 1.07 bits per heavy atom. The number of nitrogens with two attached hydrogens (primary N) is 1. The first-order chi connectivity index (χ1) is 14.0. The Bertz CT molecular complexity index is 720. The molecule has 1 unspecified atom stereocenters. The van der Waals surface area contributed by atoms with Gasteiger partial charge in [-0.3, -0.25) is 29.0 Å². The third kappa shape index (κ3) is 8.60. The van der Waals surface area contributed by atoms with Gasteiger partial charge >= 0.3 is 11.9 Å². The van der Waals surface area contributed by atoms with Gasteiger partial charge in [0.05, 0.1) is 24.0 Å². The maximum absolute atomic E-state index is 12.7. The fraction of sp³-hybridized carbons (Fsp3) is 0.632. The van der Waals surface area contributed by atoms with Crippen molar-refractivity contribution in [1.29, 1.82) is 0 Å². The number of hydrogen-bond acceptors (Lipinski definition) is 8. The van der Waals surface area contributed by atoms with Gasteiger partial charge in [0.15, 0.2) is 5.78 Å². The number of carboxylic acids is 2. The number of ketones is 2. The van der Waals surface area contributed by atoms with Crippen LogP contribution < -0.4 is 11.1 Å². The zero-order chi connectivity index (χ0) is 22.8. The molecule has 5 N–H and O–H groups in total. The highest BCUT2D eigenvalue weighted by Crippen LogP contribution is 2.18. The first kappa shape index (κ1) is 25.1. The molecule has 5 atom stereocenters. The molecule has 1 amide bonds. The van der Waals surface area contributed by atoms with Crippen molar-refractivity contribution in [2.45, 2.75) is 64.1 Å². The molecule has 0 radical (unpaired) electrons. The molecule has 1 rings (SSSR count). The van der Waals surface area contributed by atoms with Crippen molar-refractivity contribution in [2.75, 3.05) is 0 Å². The van der Waals surface area contributed by atoms with Crippen LogP contribution in [0.1, 0.15) is 46.0 Å². The Morgan fingerprint density at radius 3 is 2.20 bits per heavy atom. The average Bonchev–Trinajstić information content (AvgIpc) is 3.16. The summed E-state index contributed by atoms with van der Waals surface area (Å²) in [6, 6.07) is -2.11. The van der Waals surface area contributed by atoms with E-state index in [1.807, 2.05) is 0 Å². The van der Waals surface area contributed by atoms with Gasteiger partial charge in [0.1, 0.15) is 12.1 Å². The highest BCUT2D eigenvalue weighted by molar-refractivity contribution is 5.94. The fourth-order valence-corrected chi connectivity index (χ4v) is 2.87. The Kier molecular flexibility index (Phi) is 9.96. The number of hydrogen-bond donors (Lipinski definition) is 4.